The average Bonchev–Trinajstić information content (AvgIpc) is 2.88. The maximum Gasteiger partial charge on any atom is 0.340 e. The van der Waals surface area contributed by atoms with Crippen LogP contribution in [0.1, 0.15) is 33.4 Å². The lowest BCUT2D eigenvalue weighted by atomic mass is 9.96. The van der Waals surface area contributed by atoms with E-state index in [-0.39, 0.29) is 5.63 Å². The summed E-state index contributed by atoms with van der Waals surface area (Å²) in [5.41, 5.74) is 6.26. The van der Waals surface area contributed by atoms with Gasteiger partial charge in [0.25, 0.3) is 0 Å². The molecule has 0 spiro atoms. The van der Waals surface area contributed by atoms with Gasteiger partial charge >= 0.3 is 5.63 Å². The standard InChI is InChI=1S/C29H29NO5/c1-18-23-14-22-16-30(15-21-10-11-25(32-3)26(13-21)33-4)17-34-27(22)19(2)28(23)35-29(31)24(18)12-20-8-6-5-7-9-20/h5-11,13-14H,12,15-17H2,1-4H3/p+1. The van der Waals surface area contributed by atoms with E-state index in [9.17, 15) is 4.79 Å². The minimum absolute atomic E-state index is 0.279. The number of hydrogen-bond acceptors (Lipinski definition) is 5. The molecule has 0 amide bonds. The van der Waals surface area contributed by atoms with Gasteiger partial charge in [-0.3, -0.25) is 4.90 Å². The van der Waals surface area contributed by atoms with Gasteiger partial charge in [0.05, 0.1) is 14.2 Å². The Hall–Kier alpha value is -3.77. The SMILES string of the molecule is COc1ccc(C[NH+]2COc3c(cc4c(C)c(Cc5ccccc5)c(=O)oc4c3C)C2)cc1OC. The maximum atomic E-state index is 12.9. The van der Waals surface area contributed by atoms with Crippen LogP contribution in [0.25, 0.3) is 11.0 Å². The Morgan fingerprint density at radius 2 is 1.69 bits per heavy atom. The van der Waals surface area contributed by atoms with Gasteiger partial charge in [-0.25, -0.2) is 4.79 Å². The lowest BCUT2D eigenvalue weighted by Crippen LogP contribution is -3.10. The van der Waals surface area contributed by atoms with Gasteiger partial charge in [-0.1, -0.05) is 30.3 Å². The van der Waals surface area contributed by atoms with Crippen LogP contribution in [-0.4, -0.2) is 21.0 Å². The van der Waals surface area contributed by atoms with Crippen LogP contribution in [0.3, 0.4) is 0 Å². The minimum atomic E-state index is -0.279. The highest BCUT2D eigenvalue weighted by Gasteiger charge is 2.26. The second-order valence-corrected chi connectivity index (χ2v) is 9.10. The summed E-state index contributed by atoms with van der Waals surface area (Å²) < 4.78 is 22.9. The Morgan fingerprint density at radius 3 is 2.43 bits per heavy atom. The lowest BCUT2D eigenvalue weighted by Gasteiger charge is -2.28. The molecule has 6 nitrogen and oxygen atoms in total. The molecule has 2 heterocycles. The Balaban J connectivity index is 1.47. The van der Waals surface area contributed by atoms with Crippen molar-refractivity contribution in [2.45, 2.75) is 33.4 Å². The molecule has 4 aromatic rings. The molecule has 5 rings (SSSR count). The number of nitrogens with one attached hydrogen (secondary N) is 1. The van der Waals surface area contributed by atoms with Gasteiger partial charge < -0.3 is 18.6 Å². The van der Waals surface area contributed by atoms with Crippen molar-refractivity contribution < 1.29 is 23.5 Å². The molecule has 180 valence electrons. The zero-order chi connectivity index (χ0) is 24.5. The number of methoxy groups -OCH3 is 2. The third-order valence-electron chi connectivity index (χ3n) is 6.82. The van der Waals surface area contributed by atoms with Crippen molar-refractivity contribution in [3.8, 4) is 17.2 Å². The van der Waals surface area contributed by atoms with Crippen molar-refractivity contribution in [1.82, 2.24) is 0 Å². The van der Waals surface area contributed by atoms with Gasteiger partial charge in [0.1, 0.15) is 24.4 Å². The van der Waals surface area contributed by atoms with Crippen molar-refractivity contribution >= 4 is 11.0 Å². The Bertz CT molecular complexity index is 1440. The van der Waals surface area contributed by atoms with Gasteiger partial charge in [0, 0.05) is 34.1 Å². The fourth-order valence-electron chi connectivity index (χ4n) is 4.96. The van der Waals surface area contributed by atoms with Crippen LogP contribution in [0.5, 0.6) is 17.2 Å². The monoisotopic (exact) mass is 472 g/mol. The maximum absolute atomic E-state index is 12.9. The molecule has 0 saturated carbocycles. The largest absolute Gasteiger partial charge is 0.493 e. The molecule has 0 saturated heterocycles. The predicted octanol–water partition coefficient (Wildman–Crippen LogP) is 3.95. The van der Waals surface area contributed by atoms with Crippen LogP contribution < -0.4 is 24.7 Å². The van der Waals surface area contributed by atoms with Crippen LogP contribution in [0.15, 0.2) is 63.8 Å². The first-order valence-electron chi connectivity index (χ1n) is 11.8. The molecular weight excluding hydrogens is 442 g/mol. The molecule has 0 radical (unpaired) electrons. The molecule has 1 aliphatic rings. The van der Waals surface area contributed by atoms with E-state index in [0.29, 0.717) is 24.3 Å². The topological polar surface area (TPSA) is 62.3 Å². The number of fused-ring (bicyclic) bond motifs is 2. The summed E-state index contributed by atoms with van der Waals surface area (Å²) in [5, 5.41) is 0.975. The summed E-state index contributed by atoms with van der Waals surface area (Å²) >= 11 is 0. The summed E-state index contributed by atoms with van der Waals surface area (Å²) in [5.74, 6) is 2.27. The summed E-state index contributed by atoms with van der Waals surface area (Å²) in [6.07, 6.45) is 0.550. The molecule has 1 aliphatic heterocycles. The first-order chi connectivity index (χ1) is 17.0. The molecular formula is C29H30NO5+. The normalized spacial score (nSPS) is 14.9. The third kappa shape index (κ3) is 4.37. The quantitative estimate of drug-likeness (QED) is 0.431. The van der Waals surface area contributed by atoms with E-state index in [2.05, 4.69) is 12.1 Å². The summed E-state index contributed by atoms with van der Waals surface area (Å²) in [4.78, 5) is 14.2. The van der Waals surface area contributed by atoms with Crippen molar-refractivity contribution in [2.24, 2.45) is 0 Å². The number of aryl methyl sites for hydroxylation is 2. The van der Waals surface area contributed by atoms with Crippen molar-refractivity contribution in [1.29, 1.82) is 0 Å². The molecule has 3 aromatic carbocycles. The zero-order valence-electron chi connectivity index (χ0n) is 20.6. The fourth-order valence-corrected chi connectivity index (χ4v) is 4.96. The molecule has 1 atom stereocenters. The zero-order valence-corrected chi connectivity index (χ0v) is 20.6. The van der Waals surface area contributed by atoms with Crippen LogP contribution in [-0.2, 0) is 19.5 Å². The highest BCUT2D eigenvalue weighted by Crippen LogP contribution is 2.34. The molecule has 6 heteroatoms. The Morgan fingerprint density at radius 1 is 0.914 bits per heavy atom. The second-order valence-electron chi connectivity index (χ2n) is 9.10. The minimum Gasteiger partial charge on any atom is -0.493 e. The first kappa shape index (κ1) is 23.0. The van der Waals surface area contributed by atoms with Gasteiger partial charge in [-0.2, -0.15) is 0 Å². The third-order valence-corrected chi connectivity index (χ3v) is 6.82. The molecule has 1 unspecified atom stereocenters. The molecule has 1 N–H and O–H groups in total. The van der Waals surface area contributed by atoms with Crippen molar-refractivity contribution in [3.05, 3.63) is 98.4 Å². The molecule has 35 heavy (non-hydrogen) atoms. The van der Waals surface area contributed by atoms with Gasteiger partial charge in [-0.15, -0.1) is 0 Å². The predicted molar refractivity (Wildman–Crippen MR) is 135 cm³/mol. The molecule has 1 aromatic heterocycles. The van der Waals surface area contributed by atoms with E-state index in [1.807, 2.05) is 56.3 Å². The van der Waals surface area contributed by atoms with Gasteiger partial charge in [0.2, 0.25) is 6.73 Å². The van der Waals surface area contributed by atoms with E-state index < -0.39 is 0 Å². The Kier molecular flexibility index (Phi) is 6.22. The van der Waals surface area contributed by atoms with Gasteiger partial charge in [-0.05, 0) is 49.2 Å². The van der Waals surface area contributed by atoms with Crippen molar-refractivity contribution in [2.75, 3.05) is 21.0 Å². The summed E-state index contributed by atoms with van der Waals surface area (Å²) in [6.45, 7) is 6.12. The van der Waals surface area contributed by atoms with E-state index in [1.54, 1.807) is 14.2 Å². The van der Waals surface area contributed by atoms with Crippen LogP contribution in [0.2, 0.25) is 0 Å². The second kappa shape index (κ2) is 9.47. The number of benzene rings is 3. The van der Waals surface area contributed by atoms with E-state index in [0.717, 1.165) is 63.5 Å². The van der Waals surface area contributed by atoms with Crippen LogP contribution in [0, 0.1) is 13.8 Å². The van der Waals surface area contributed by atoms with E-state index in [1.165, 1.54) is 4.90 Å². The van der Waals surface area contributed by atoms with E-state index >= 15 is 0 Å². The summed E-state index contributed by atoms with van der Waals surface area (Å²) in [6, 6.07) is 18.2. The van der Waals surface area contributed by atoms with Gasteiger partial charge in [0.15, 0.2) is 11.5 Å². The van der Waals surface area contributed by atoms with Crippen LogP contribution >= 0.6 is 0 Å². The molecule has 0 fully saturated rings. The molecule has 0 aliphatic carbocycles. The summed E-state index contributed by atoms with van der Waals surface area (Å²) in [7, 11) is 3.29. The smallest absolute Gasteiger partial charge is 0.340 e. The highest BCUT2D eigenvalue weighted by molar-refractivity contribution is 5.87. The fraction of sp³-hybridized carbons (Fsp3) is 0.276. The number of hydrogen-bond donors (Lipinski definition) is 1. The first-order valence-corrected chi connectivity index (χ1v) is 11.8. The highest BCUT2D eigenvalue weighted by atomic mass is 16.5. The van der Waals surface area contributed by atoms with Crippen LogP contribution in [0.4, 0.5) is 0 Å². The van der Waals surface area contributed by atoms with Crippen molar-refractivity contribution in [3.63, 3.8) is 0 Å². The number of rotatable bonds is 6. The van der Waals surface area contributed by atoms with E-state index in [4.69, 9.17) is 18.6 Å². The Labute approximate surface area is 204 Å². The number of ether oxygens (including phenoxy) is 3. The number of quaternary nitrogens is 1. The lowest BCUT2D eigenvalue weighted by molar-refractivity contribution is -0.945. The molecule has 0 bridgehead atoms. The average molecular weight is 473 g/mol.